The maximum absolute atomic E-state index is 15.0. The van der Waals surface area contributed by atoms with Crippen LogP contribution in [0.5, 0.6) is 11.5 Å². The van der Waals surface area contributed by atoms with Gasteiger partial charge in [0.15, 0.2) is 0 Å². The minimum Gasteiger partial charge on any atom is -0.416 e. The molecule has 0 aliphatic heterocycles. The third-order valence-electron chi connectivity index (χ3n) is 7.14. The first-order chi connectivity index (χ1) is 25.5. The third-order valence-corrected chi connectivity index (χ3v) is 10.1. The number of halogens is 12. The van der Waals surface area contributed by atoms with E-state index in [9.17, 15) is 66.8 Å². The standard InChI is InChI=1S/C32H11F12O7PS2.Ag/c33-17-19(35)23(39)27(24(40)20(17)36)48-31(45)15-7-11-5-9(1-3-13(11)53-15)29(43)50-52(47)51-30(44)10-2-4-14-12(6-10)8-16(54-14)32(46)49-28-25(41)21(37)18(34)22(38)26(28)42;/h1-8,29-30,52H;/q;+1. The molecule has 7 nitrogen and oxygen atoms in total. The number of alkyl halides is 2. The van der Waals surface area contributed by atoms with Crippen LogP contribution < -0.4 is 9.47 Å². The van der Waals surface area contributed by atoms with Gasteiger partial charge in [-0.15, -0.1) is 22.7 Å². The first kappa shape index (κ1) is 41.9. The smallest absolute Gasteiger partial charge is 0.416 e. The number of rotatable bonds is 10. The molecule has 0 radical (unpaired) electrons. The van der Waals surface area contributed by atoms with Gasteiger partial charge in [-0.1, -0.05) is 12.1 Å². The summed E-state index contributed by atoms with van der Waals surface area (Å²) in [5, 5.41) is 0.160. The van der Waals surface area contributed by atoms with Crippen LogP contribution in [0.4, 0.5) is 52.7 Å². The van der Waals surface area contributed by atoms with Gasteiger partial charge in [-0.2, -0.15) is 17.6 Å². The van der Waals surface area contributed by atoms with Crippen molar-refractivity contribution in [3.63, 3.8) is 0 Å². The molecule has 2 unspecified atom stereocenters. The summed E-state index contributed by atoms with van der Waals surface area (Å²) >= 11 is 1.25. The molecule has 0 saturated heterocycles. The molecule has 0 N–H and O–H groups in total. The van der Waals surface area contributed by atoms with Gasteiger partial charge in [-0.05, 0) is 47.2 Å². The number of hydrogen-bond acceptors (Lipinski definition) is 9. The average Bonchev–Trinajstić information content (AvgIpc) is 3.79. The molecular weight excluding hydrogens is 927 g/mol. The SMILES string of the molecule is O=C(Oc1c(F)c(F)c(F)c(F)c1F)c1cc2cc(C(F)O[PH](=O)OC(F)c3ccc4sc(C(=O)Oc5c(F)c(F)c(F)c(F)c5F)cc4c3)ccc2s1.[Ag+]. The van der Waals surface area contributed by atoms with Gasteiger partial charge in [0.1, 0.15) is 9.75 Å². The number of thiophene rings is 2. The summed E-state index contributed by atoms with van der Waals surface area (Å²) in [4.78, 5) is 24.1. The first-order valence-corrected chi connectivity index (χ1v) is 17.0. The van der Waals surface area contributed by atoms with Gasteiger partial charge in [0, 0.05) is 20.5 Å². The van der Waals surface area contributed by atoms with Crippen LogP contribution >= 0.6 is 30.9 Å². The molecule has 0 spiro atoms. The van der Waals surface area contributed by atoms with Gasteiger partial charge in [0.25, 0.3) is 0 Å². The summed E-state index contributed by atoms with van der Waals surface area (Å²) in [6.07, 6.45) is -5.05. The topological polar surface area (TPSA) is 88.1 Å². The second-order valence-corrected chi connectivity index (χ2v) is 13.6. The molecule has 0 amide bonds. The molecule has 2 aromatic heterocycles. The summed E-state index contributed by atoms with van der Waals surface area (Å²) in [5.74, 6) is -30.7. The number of carbonyl (C=O) groups excluding carboxylic acids is 2. The number of esters is 2. The Hall–Kier alpha value is -4.21. The molecule has 0 saturated carbocycles. The van der Waals surface area contributed by atoms with Crippen LogP contribution in [0.2, 0.25) is 0 Å². The maximum Gasteiger partial charge on any atom is 1.00 e. The molecule has 0 bridgehead atoms. The summed E-state index contributed by atoms with van der Waals surface area (Å²) in [7, 11) is -3.97. The van der Waals surface area contributed by atoms with Gasteiger partial charge >= 0.3 is 42.6 Å². The van der Waals surface area contributed by atoms with Gasteiger partial charge in [0.05, 0.1) is 0 Å². The van der Waals surface area contributed by atoms with Crippen molar-refractivity contribution in [1.29, 1.82) is 0 Å². The van der Waals surface area contributed by atoms with Crippen molar-refractivity contribution < 1.29 is 108 Å². The zero-order chi connectivity index (χ0) is 39.3. The summed E-state index contributed by atoms with van der Waals surface area (Å²) in [6.45, 7) is 0. The van der Waals surface area contributed by atoms with E-state index in [-0.39, 0.29) is 53.7 Å². The van der Waals surface area contributed by atoms with Crippen molar-refractivity contribution in [3.05, 3.63) is 128 Å². The van der Waals surface area contributed by atoms with Crippen molar-refractivity contribution >= 4 is 63.0 Å². The number of hydrogen-bond donors (Lipinski definition) is 0. The van der Waals surface area contributed by atoms with E-state index in [2.05, 4.69) is 18.5 Å². The summed E-state index contributed by atoms with van der Waals surface area (Å²) in [5.41, 5.74) is -0.690. The van der Waals surface area contributed by atoms with E-state index < -0.39 is 112 Å². The van der Waals surface area contributed by atoms with Crippen molar-refractivity contribution in [1.82, 2.24) is 0 Å². The average molecular weight is 938 g/mol. The Morgan fingerprint density at radius 1 is 0.509 bits per heavy atom. The zero-order valence-electron chi connectivity index (χ0n) is 25.8. The fourth-order valence-corrected chi connectivity index (χ4v) is 7.08. The van der Waals surface area contributed by atoms with Crippen LogP contribution in [0.3, 0.4) is 0 Å². The maximum atomic E-state index is 15.0. The Morgan fingerprint density at radius 2 is 0.818 bits per heavy atom. The van der Waals surface area contributed by atoms with Crippen molar-refractivity contribution in [2.24, 2.45) is 0 Å². The van der Waals surface area contributed by atoms with Crippen LogP contribution in [-0.4, -0.2) is 11.9 Å². The Morgan fingerprint density at radius 3 is 1.15 bits per heavy atom. The largest absolute Gasteiger partial charge is 1.00 e. The normalized spacial score (nSPS) is 13.1. The van der Waals surface area contributed by atoms with Crippen molar-refractivity contribution in [2.75, 3.05) is 0 Å². The number of carbonyl (C=O) groups is 2. The van der Waals surface area contributed by atoms with Crippen molar-refractivity contribution in [3.8, 4) is 11.5 Å². The van der Waals surface area contributed by atoms with Crippen LogP contribution in [0.25, 0.3) is 20.2 Å². The van der Waals surface area contributed by atoms with E-state index in [1.165, 1.54) is 12.1 Å². The summed E-state index contributed by atoms with van der Waals surface area (Å²) < 4.78 is 197. The van der Waals surface area contributed by atoms with E-state index in [0.29, 0.717) is 22.7 Å². The molecule has 23 heteroatoms. The Balaban J connectivity index is 0.00000580. The van der Waals surface area contributed by atoms with E-state index in [0.717, 1.165) is 36.4 Å². The Kier molecular flexibility index (Phi) is 12.6. The second-order valence-electron chi connectivity index (χ2n) is 10.5. The minimum absolute atomic E-state index is 0. The van der Waals surface area contributed by atoms with Gasteiger partial charge in [-0.25, -0.2) is 44.7 Å². The van der Waals surface area contributed by atoms with Gasteiger partial charge in [-0.3, -0.25) is 13.6 Å². The van der Waals surface area contributed by atoms with E-state index in [4.69, 9.17) is 0 Å². The Bertz CT molecular complexity index is 2320. The van der Waals surface area contributed by atoms with E-state index in [1.54, 1.807) is 0 Å². The van der Waals surface area contributed by atoms with Crippen molar-refractivity contribution in [2.45, 2.75) is 12.7 Å². The molecule has 6 rings (SSSR count). The van der Waals surface area contributed by atoms with Crippen LogP contribution in [0, 0.1) is 58.2 Å². The van der Waals surface area contributed by atoms with Crippen LogP contribution in [-0.2, 0) is 36.0 Å². The number of ether oxygens (including phenoxy) is 2. The van der Waals surface area contributed by atoms with Crippen LogP contribution in [0.15, 0.2) is 48.5 Å². The molecule has 0 aliphatic carbocycles. The quantitative estimate of drug-likeness (QED) is 0.0257. The molecule has 6 aromatic rings. The molecule has 0 fully saturated rings. The zero-order valence-corrected chi connectivity index (χ0v) is 29.9. The predicted octanol–water partition coefficient (Wildman–Crippen LogP) is 11.0. The summed E-state index contributed by atoms with van der Waals surface area (Å²) in [6, 6.07) is 8.78. The van der Waals surface area contributed by atoms with Gasteiger partial charge in [0.2, 0.25) is 82.4 Å². The van der Waals surface area contributed by atoms with E-state index in [1.807, 2.05) is 0 Å². The fraction of sp³-hybridized carbons (Fsp3) is 0.0625. The molecule has 55 heavy (non-hydrogen) atoms. The van der Waals surface area contributed by atoms with Gasteiger partial charge < -0.3 is 9.47 Å². The minimum atomic E-state index is -3.97. The fourth-order valence-electron chi connectivity index (χ4n) is 4.57. The number of fused-ring (bicyclic) bond motifs is 2. The van der Waals surface area contributed by atoms with E-state index >= 15 is 0 Å². The molecule has 4 aromatic carbocycles. The van der Waals surface area contributed by atoms with Crippen LogP contribution in [0.1, 0.15) is 43.2 Å². The Labute approximate surface area is 321 Å². The first-order valence-electron chi connectivity index (χ1n) is 14.2. The predicted molar refractivity (Wildman–Crippen MR) is 165 cm³/mol. The monoisotopic (exact) mass is 937 g/mol. The second kappa shape index (κ2) is 16.5. The molecule has 2 atom stereocenters. The molecule has 2 heterocycles. The number of benzene rings is 4. The molecular formula is C32H11AgF12O7PS2+. The third kappa shape index (κ3) is 8.20. The molecule has 292 valence electrons. The molecule has 0 aliphatic rings.